The molecule has 1 aromatic rings. The van der Waals surface area contributed by atoms with Gasteiger partial charge in [-0.15, -0.1) is 31.4 Å². The monoisotopic (exact) mass is 424 g/mol. The molecule has 0 aromatic heterocycles. The minimum Gasteiger partial charge on any atom is -0.494 e. The first kappa shape index (κ1) is 22.7. The molecule has 1 saturated heterocycles. The van der Waals surface area contributed by atoms with Gasteiger partial charge in [-0.3, -0.25) is 4.90 Å². The van der Waals surface area contributed by atoms with Crippen LogP contribution >= 0.6 is 40.7 Å². The van der Waals surface area contributed by atoms with Crippen LogP contribution in [0.3, 0.4) is 0 Å². The number of ether oxygens (including phenoxy) is 1. The van der Waals surface area contributed by atoms with Crippen molar-refractivity contribution < 1.29 is 4.74 Å². The van der Waals surface area contributed by atoms with Crippen LogP contribution in [-0.4, -0.2) is 37.7 Å². The lowest BCUT2D eigenvalue weighted by Gasteiger charge is -2.36. The Kier molecular flexibility index (Phi) is 12.0. The third kappa shape index (κ3) is 6.63. The highest BCUT2D eigenvalue weighted by Crippen LogP contribution is 2.35. The zero-order valence-electron chi connectivity index (χ0n) is 13.6. The molecule has 1 aliphatic heterocycles. The lowest BCUT2D eigenvalue weighted by molar-refractivity contribution is 0.162. The normalized spacial score (nSPS) is 15.9. The summed E-state index contributed by atoms with van der Waals surface area (Å²) in [6.45, 7) is 10.9. The Balaban J connectivity index is 0.00000242. The maximum absolute atomic E-state index is 5.85. The van der Waals surface area contributed by atoms with E-state index in [1.165, 1.54) is 5.56 Å². The average Bonchev–Trinajstić information content (AvgIpc) is 2.51. The smallest absolute Gasteiger partial charge is 0.124 e. The highest BCUT2D eigenvalue weighted by Gasteiger charge is 2.24. The van der Waals surface area contributed by atoms with Crippen LogP contribution in [0, 0.1) is 0 Å². The molecule has 132 valence electrons. The van der Waals surface area contributed by atoms with Gasteiger partial charge < -0.3 is 10.1 Å². The molecule has 2 rings (SSSR count). The van der Waals surface area contributed by atoms with Gasteiger partial charge in [-0.05, 0) is 38.0 Å². The van der Waals surface area contributed by atoms with E-state index in [-0.39, 0.29) is 24.8 Å². The van der Waals surface area contributed by atoms with E-state index in [0.717, 1.165) is 49.2 Å². The van der Waals surface area contributed by atoms with Crippen molar-refractivity contribution in [2.45, 2.75) is 25.8 Å². The van der Waals surface area contributed by atoms with Crippen molar-refractivity contribution >= 4 is 40.7 Å². The summed E-state index contributed by atoms with van der Waals surface area (Å²) in [5, 5.41) is 3.43. The summed E-state index contributed by atoms with van der Waals surface area (Å²) in [6, 6.07) is 6.73. The molecule has 0 aliphatic carbocycles. The van der Waals surface area contributed by atoms with Crippen molar-refractivity contribution in [3.63, 3.8) is 0 Å². The maximum atomic E-state index is 5.85. The van der Waals surface area contributed by atoms with Crippen LogP contribution in [0.15, 0.2) is 35.3 Å². The summed E-state index contributed by atoms with van der Waals surface area (Å²) in [7, 11) is 0. The summed E-state index contributed by atoms with van der Waals surface area (Å²) in [5.74, 6) is 1.01. The van der Waals surface area contributed by atoms with Gasteiger partial charge in [-0.2, -0.15) is 0 Å². The number of hydrogen-bond acceptors (Lipinski definition) is 3. The van der Waals surface area contributed by atoms with Gasteiger partial charge in [0.2, 0.25) is 0 Å². The molecule has 0 amide bonds. The number of nitrogens with one attached hydrogen (secondary N) is 1. The quantitative estimate of drug-likeness (QED) is 0.645. The van der Waals surface area contributed by atoms with Gasteiger partial charge in [0, 0.05) is 42.3 Å². The van der Waals surface area contributed by atoms with Gasteiger partial charge in [-0.1, -0.05) is 22.0 Å². The van der Waals surface area contributed by atoms with E-state index in [4.69, 9.17) is 4.74 Å². The summed E-state index contributed by atoms with van der Waals surface area (Å²) in [6.07, 6.45) is 4.11. The number of hydrogen-bond donors (Lipinski definition) is 1. The zero-order chi connectivity index (χ0) is 15.1. The molecule has 0 bridgehead atoms. The molecule has 0 radical (unpaired) electrons. The number of benzene rings is 1. The average molecular weight is 426 g/mol. The second-order valence-corrected chi connectivity index (χ2v) is 6.20. The third-order valence-corrected chi connectivity index (χ3v) is 4.36. The van der Waals surface area contributed by atoms with Crippen LogP contribution in [0.5, 0.6) is 5.75 Å². The molecule has 1 N–H and O–H groups in total. The van der Waals surface area contributed by atoms with Crippen LogP contribution in [0.1, 0.15) is 31.4 Å². The van der Waals surface area contributed by atoms with Crippen molar-refractivity contribution in [1.29, 1.82) is 0 Å². The number of allylic oxidation sites excluding steroid dienone is 1. The SMILES string of the molecule is C=CCC[C@H](c1cc(Br)ccc1OCC)N1CCNCC1.Cl.Cl. The Bertz CT molecular complexity index is 468. The molecule has 1 heterocycles. The van der Waals surface area contributed by atoms with Crippen LogP contribution in [0.2, 0.25) is 0 Å². The van der Waals surface area contributed by atoms with E-state index in [0.29, 0.717) is 12.6 Å². The molecule has 1 aromatic carbocycles. The largest absolute Gasteiger partial charge is 0.494 e. The zero-order valence-corrected chi connectivity index (χ0v) is 16.8. The Morgan fingerprint density at radius 1 is 1.35 bits per heavy atom. The second kappa shape index (κ2) is 12.2. The van der Waals surface area contributed by atoms with E-state index < -0.39 is 0 Å². The molecular formula is C17H27BrCl2N2O. The molecule has 1 aliphatic rings. The second-order valence-electron chi connectivity index (χ2n) is 5.28. The predicted octanol–water partition coefficient (Wildman–Crippen LogP) is 4.60. The maximum Gasteiger partial charge on any atom is 0.124 e. The minimum absolute atomic E-state index is 0. The molecule has 3 nitrogen and oxygen atoms in total. The number of nitrogens with zero attached hydrogens (tertiary/aromatic N) is 1. The van der Waals surface area contributed by atoms with Gasteiger partial charge in [-0.25, -0.2) is 0 Å². The van der Waals surface area contributed by atoms with Crippen LogP contribution < -0.4 is 10.1 Å². The molecule has 0 saturated carbocycles. The van der Waals surface area contributed by atoms with E-state index in [1.54, 1.807) is 0 Å². The highest BCUT2D eigenvalue weighted by molar-refractivity contribution is 9.10. The molecule has 23 heavy (non-hydrogen) atoms. The van der Waals surface area contributed by atoms with Crippen LogP contribution in [-0.2, 0) is 0 Å². The molecule has 1 fully saturated rings. The van der Waals surface area contributed by atoms with Gasteiger partial charge in [0.1, 0.15) is 5.75 Å². The highest BCUT2D eigenvalue weighted by atomic mass is 79.9. The lowest BCUT2D eigenvalue weighted by Crippen LogP contribution is -2.45. The number of rotatable bonds is 7. The molecule has 1 atom stereocenters. The van der Waals surface area contributed by atoms with Crippen molar-refractivity contribution in [2.24, 2.45) is 0 Å². The van der Waals surface area contributed by atoms with Crippen molar-refractivity contribution in [2.75, 3.05) is 32.8 Å². The van der Waals surface area contributed by atoms with Gasteiger partial charge in [0.05, 0.1) is 6.61 Å². The summed E-state index contributed by atoms with van der Waals surface area (Å²) in [5.41, 5.74) is 1.29. The van der Waals surface area contributed by atoms with Gasteiger partial charge in [0.15, 0.2) is 0 Å². The fourth-order valence-corrected chi connectivity index (χ4v) is 3.25. The first-order valence-corrected chi connectivity index (χ1v) is 8.53. The summed E-state index contributed by atoms with van der Waals surface area (Å²) >= 11 is 3.60. The predicted molar refractivity (Wildman–Crippen MR) is 106 cm³/mol. The van der Waals surface area contributed by atoms with Gasteiger partial charge in [0.25, 0.3) is 0 Å². The third-order valence-electron chi connectivity index (χ3n) is 3.87. The Morgan fingerprint density at radius 2 is 2.04 bits per heavy atom. The topological polar surface area (TPSA) is 24.5 Å². The fourth-order valence-electron chi connectivity index (χ4n) is 2.87. The van der Waals surface area contributed by atoms with Crippen molar-refractivity contribution in [3.8, 4) is 5.75 Å². The van der Waals surface area contributed by atoms with E-state index in [2.05, 4.69) is 50.9 Å². The number of halogens is 3. The van der Waals surface area contributed by atoms with Crippen LogP contribution in [0.4, 0.5) is 0 Å². The summed E-state index contributed by atoms with van der Waals surface area (Å²) < 4.78 is 6.97. The van der Waals surface area contributed by atoms with Crippen molar-refractivity contribution in [1.82, 2.24) is 10.2 Å². The first-order chi connectivity index (χ1) is 10.3. The molecule has 6 heteroatoms. The lowest BCUT2D eigenvalue weighted by atomic mass is 9.98. The van der Waals surface area contributed by atoms with E-state index in [1.807, 2.05) is 13.0 Å². The van der Waals surface area contributed by atoms with E-state index in [9.17, 15) is 0 Å². The summed E-state index contributed by atoms with van der Waals surface area (Å²) in [4.78, 5) is 2.56. The minimum atomic E-state index is 0. The van der Waals surface area contributed by atoms with Gasteiger partial charge >= 0.3 is 0 Å². The Hall–Kier alpha value is -0.260. The molecule has 0 spiro atoms. The van der Waals surface area contributed by atoms with Crippen LogP contribution in [0.25, 0.3) is 0 Å². The Labute approximate surface area is 160 Å². The van der Waals surface area contributed by atoms with Crippen molar-refractivity contribution in [3.05, 3.63) is 40.9 Å². The molecule has 0 unspecified atom stereocenters. The molecular weight excluding hydrogens is 399 g/mol. The Morgan fingerprint density at radius 3 is 2.65 bits per heavy atom. The van der Waals surface area contributed by atoms with E-state index >= 15 is 0 Å². The number of piperazine rings is 1. The first-order valence-electron chi connectivity index (χ1n) is 7.74. The standard InChI is InChI=1S/C17H25BrN2O.2ClH/c1-3-5-6-16(20-11-9-19-10-12-20)15-13-14(18)7-8-17(15)21-4-2;;/h3,7-8,13,16,19H,1,4-6,9-12H2,2H3;2*1H/t16-;;/m1../s1. The fraction of sp³-hybridized carbons (Fsp3) is 0.529.